The predicted octanol–water partition coefficient (Wildman–Crippen LogP) is 2.94. The second-order valence-electron chi connectivity index (χ2n) is 6.48. The fourth-order valence-corrected chi connectivity index (χ4v) is 3.26. The monoisotopic (exact) mass is 390 g/mol. The molecule has 0 atom stereocenters. The van der Waals surface area contributed by atoms with E-state index in [0.717, 1.165) is 6.07 Å². The Morgan fingerprint density at radius 3 is 2.21 bits per heavy atom. The van der Waals surface area contributed by atoms with Crippen molar-refractivity contribution in [2.24, 2.45) is 0 Å². The number of phenols is 3. The van der Waals surface area contributed by atoms with Crippen LogP contribution >= 0.6 is 0 Å². The Labute approximate surface area is 164 Å². The van der Waals surface area contributed by atoms with Gasteiger partial charge in [0.2, 0.25) is 5.78 Å². The van der Waals surface area contributed by atoms with Gasteiger partial charge in [0, 0.05) is 16.7 Å². The van der Waals surface area contributed by atoms with Crippen molar-refractivity contribution in [2.75, 3.05) is 0 Å². The zero-order valence-electron chi connectivity index (χ0n) is 14.9. The standard InChI is InChI=1S/C22H14O7/c23-15-6-2-1-4-11(15)10-29-22(28)12-8-14-19(17(25)9-12)21(27)18-13(20(14)26)5-3-7-16(18)24/h1-9,23-25H,10H2. The van der Waals surface area contributed by atoms with Crippen molar-refractivity contribution in [1.82, 2.24) is 0 Å². The molecule has 7 heteroatoms. The Bertz CT molecular complexity index is 1190. The molecular weight excluding hydrogens is 376 g/mol. The number of esters is 1. The molecule has 0 spiro atoms. The van der Waals surface area contributed by atoms with Crippen molar-refractivity contribution in [3.63, 3.8) is 0 Å². The Morgan fingerprint density at radius 1 is 0.759 bits per heavy atom. The SMILES string of the molecule is O=C(OCc1ccccc1O)c1cc(O)c2c(c1)C(=O)c1cccc(O)c1C2=O. The number of carbonyl (C=O) groups excluding carboxylic acids is 3. The lowest BCUT2D eigenvalue weighted by Gasteiger charge is -2.19. The van der Waals surface area contributed by atoms with Gasteiger partial charge in [0.25, 0.3) is 0 Å². The van der Waals surface area contributed by atoms with Gasteiger partial charge in [0.1, 0.15) is 23.9 Å². The minimum atomic E-state index is -0.840. The van der Waals surface area contributed by atoms with E-state index in [4.69, 9.17) is 4.74 Å². The molecule has 0 aromatic heterocycles. The Kier molecular flexibility index (Phi) is 4.27. The van der Waals surface area contributed by atoms with Gasteiger partial charge in [-0.1, -0.05) is 30.3 Å². The molecule has 0 fully saturated rings. The van der Waals surface area contributed by atoms with Crippen LogP contribution in [0.4, 0.5) is 0 Å². The van der Waals surface area contributed by atoms with Crippen molar-refractivity contribution >= 4 is 17.5 Å². The largest absolute Gasteiger partial charge is 0.508 e. The molecule has 0 saturated heterocycles. The molecule has 29 heavy (non-hydrogen) atoms. The summed E-state index contributed by atoms with van der Waals surface area (Å²) in [6, 6.07) is 12.6. The Morgan fingerprint density at radius 2 is 1.45 bits per heavy atom. The summed E-state index contributed by atoms with van der Waals surface area (Å²) >= 11 is 0. The topological polar surface area (TPSA) is 121 Å². The summed E-state index contributed by atoms with van der Waals surface area (Å²) in [5, 5.41) is 30.0. The van der Waals surface area contributed by atoms with Crippen molar-refractivity contribution in [1.29, 1.82) is 0 Å². The fraction of sp³-hybridized carbons (Fsp3) is 0.0455. The van der Waals surface area contributed by atoms with Crippen molar-refractivity contribution in [2.45, 2.75) is 6.61 Å². The molecule has 3 aromatic rings. The van der Waals surface area contributed by atoms with Gasteiger partial charge in [-0.25, -0.2) is 4.79 Å². The highest BCUT2D eigenvalue weighted by Crippen LogP contribution is 2.37. The van der Waals surface area contributed by atoms with E-state index < -0.39 is 23.3 Å². The average Bonchev–Trinajstić information content (AvgIpc) is 2.70. The number of para-hydroxylation sites is 1. The number of fused-ring (bicyclic) bond motifs is 2. The van der Waals surface area contributed by atoms with Gasteiger partial charge in [-0.2, -0.15) is 0 Å². The number of aromatic hydroxyl groups is 3. The lowest BCUT2D eigenvalue weighted by atomic mass is 9.82. The molecule has 3 N–H and O–H groups in total. The lowest BCUT2D eigenvalue weighted by Crippen LogP contribution is -2.22. The van der Waals surface area contributed by atoms with E-state index in [9.17, 15) is 29.7 Å². The number of rotatable bonds is 3. The summed E-state index contributed by atoms with van der Waals surface area (Å²) in [4.78, 5) is 37.9. The molecule has 1 aliphatic carbocycles. The molecule has 144 valence electrons. The number of ketones is 2. The van der Waals surface area contributed by atoms with Crippen LogP contribution in [-0.2, 0) is 11.3 Å². The zero-order valence-corrected chi connectivity index (χ0v) is 14.9. The molecule has 0 amide bonds. The quantitative estimate of drug-likeness (QED) is 0.460. The summed E-state index contributed by atoms with van der Waals surface area (Å²) in [7, 11) is 0. The molecule has 4 rings (SSSR count). The van der Waals surface area contributed by atoms with Gasteiger partial charge < -0.3 is 20.1 Å². The highest BCUT2D eigenvalue weighted by molar-refractivity contribution is 6.30. The summed E-state index contributed by atoms with van der Waals surface area (Å²) in [5.41, 5.74) is -0.360. The van der Waals surface area contributed by atoms with Gasteiger partial charge >= 0.3 is 5.97 Å². The van der Waals surface area contributed by atoms with Crippen LogP contribution < -0.4 is 0 Å². The number of carbonyl (C=O) groups is 3. The maximum absolute atomic E-state index is 12.8. The minimum Gasteiger partial charge on any atom is -0.508 e. The maximum atomic E-state index is 12.8. The molecule has 0 unspecified atom stereocenters. The Balaban J connectivity index is 1.69. The predicted molar refractivity (Wildman–Crippen MR) is 100 cm³/mol. The summed E-state index contributed by atoms with van der Waals surface area (Å²) < 4.78 is 5.15. The maximum Gasteiger partial charge on any atom is 0.338 e. The number of phenolic OH excluding ortho intramolecular Hbond substituents is 3. The van der Waals surface area contributed by atoms with Crippen LogP contribution in [0, 0.1) is 0 Å². The second kappa shape index (κ2) is 6.79. The first-order chi connectivity index (χ1) is 13.9. The van der Waals surface area contributed by atoms with E-state index in [1.54, 1.807) is 18.2 Å². The van der Waals surface area contributed by atoms with Crippen LogP contribution in [0.1, 0.15) is 47.8 Å². The fourth-order valence-electron chi connectivity index (χ4n) is 3.26. The van der Waals surface area contributed by atoms with Crippen molar-refractivity contribution < 1.29 is 34.4 Å². The van der Waals surface area contributed by atoms with E-state index in [-0.39, 0.29) is 45.9 Å². The number of ether oxygens (including phenoxy) is 1. The van der Waals surface area contributed by atoms with Crippen LogP contribution in [0.3, 0.4) is 0 Å². The molecule has 7 nitrogen and oxygen atoms in total. The molecule has 0 radical (unpaired) electrons. The lowest BCUT2D eigenvalue weighted by molar-refractivity contribution is 0.0469. The summed E-state index contributed by atoms with van der Waals surface area (Å²) in [6.45, 7) is -0.215. The number of benzene rings is 3. The zero-order chi connectivity index (χ0) is 20.7. The van der Waals surface area contributed by atoms with E-state index in [0.29, 0.717) is 5.56 Å². The molecular formula is C22H14O7. The van der Waals surface area contributed by atoms with E-state index in [1.165, 1.54) is 30.3 Å². The summed E-state index contributed by atoms with van der Waals surface area (Å²) in [5.74, 6) is -3.11. The number of hydrogen-bond acceptors (Lipinski definition) is 7. The molecule has 0 heterocycles. The third kappa shape index (κ3) is 2.98. The second-order valence-corrected chi connectivity index (χ2v) is 6.48. The number of hydrogen-bond donors (Lipinski definition) is 3. The molecule has 0 aliphatic heterocycles. The first kappa shape index (κ1) is 18.2. The van der Waals surface area contributed by atoms with Crippen LogP contribution in [0.2, 0.25) is 0 Å². The van der Waals surface area contributed by atoms with Crippen molar-refractivity contribution in [3.8, 4) is 17.2 Å². The van der Waals surface area contributed by atoms with Gasteiger partial charge in [0.05, 0.1) is 16.7 Å². The van der Waals surface area contributed by atoms with Crippen molar-refractivity contribution in [3.05, 3.63) is 88.0 Å². The minimum absolute atomic E-state index is 0.0124. The smallest absolute Gasteiger partial charge is 0.338 e. The highest BCUT2D eigenvalue weighted by Gasteiger charge is 2.35. The van der Waals surface area contributed by atoms with Gasteiger partial charge in [0.15, 0.2) is 5.78 Å². The third-order valence-corrected chi connectivity index (χ3v) is 4.69. The normalized spacial score (nSPS) is 12.3. The first-order valence-corrected chi connectivity index (χ1v) is 8.61. The average molecular weight is 390 g/mol. The van der Waals surface area contributed by atoms with Crippen LogP contribution in [0.15, 0.2) is 54.6 Å². The first-order valence-electron chi connectivity index (χ1n) is 8.61. The van der Waals surface area contributed by atoms with E-state index in [1.807, 2.05) is 0 Å². The molecule has 3 aromatic carbocycles. The highest BCUT2D eigenvalue weighted by atomic mass is 16.5. The molecule has 0 bridgehead atoms. The van der Waals surface area contributed by atoms with Gasteiger partial charge in [-0.15, -0.1) is 0 Å². The van der Waals surface area contributed by atoms with Crippen LogP contribution in [-0.4, -0.2) is 32.9 Å². The van der Waals surface area contributed by atoms with Crippen LogP contribution in [0.5, 0.6) is 17.2 Å². The third-order valence-electron chi connectivity index (χ3n) is 4.69. The van der Waals surface area contributed by atoms with Gasteiger partial charge in [-0.05, 0) is 24.3 Å². The van der Waals surface area contributed by atoms with E-state index >= 15 is 0 Å². The van der Waals surface area contributed by atoms with Crippen LogP contribution in [0.25, 0.3) is 0 Å². The van der Waals surface area contributed by atoms with E-state index in [2.05, 4.69) is 0 Å². The molecule has 1 aliphatic rings. The van der Waals surface area contributed by atoms with Gasteiger partial charge in [-0.3, -0.25) is 9.59 Å². The Hall–Kier alpha value is -4.13. The summed E-state index contributed by atoms with van der Waals surface area (Å²) in [6.07, 6.45) is 0. The molecule has 0 saturated carbocycles.